The van der Waals surface area contributed by atoms with E-state index < -0.39 is 0 Å². The predicted octanol–water partition coefficient (Wildman–Crippen LogP) is 1.15. The molecule has 3 nitrogen and oxygen atoms in total. The minimum absolute atomic E-state index is 0.403. The van der Waals surface area contributed by atoms with Gasteiger partial charge in [0.1, 0.15) is 0 Å². The van der Waals surface area contributed by atoms with Crippen molar-refractivity contribution in [1.82, 2.24) is 0 Å². The Morgan fingerprint density at radius 1 is 1.27 bits per heavy atom. The van der Waals surface area contributed by atoms with E-state index in [-0.39, 0.29) is 0 Å². The Labute approximate surface area is 66.8 Å². The first-order valence-electron chi connectivity index (χ1n) is 3.05. The molecular formula is C8H13NO2. The van der Waals surface area contributed by atoms with Crippen LogP contribution in [0.15, 0.2) is 36.4 Å². The fourth-order valence-electron chi connectivity index (χ4n) is 0.522. The summed E-state index contributed by atoms with van der Waals surface area (Å²) in [5, 5.41) is 0. The lowest BCUT2D eigenvalue weighted by atomic mass is 10.3. The van der Waals surface area contributed by atoms with Gasteiger partial charge in [0.25, 0.3) is 0 Å². The molecule has 0 aromatic carbocycles. The van der Waals surface area contributed by atoms with Crippen LogP contribution in [0.25, 0.3) is 0 Å². The lowest BCUT2D eigenvalue weighted by Crippen LogP contribution is -1.98. The van der Waals surface area contributed by atoms with Gasteiger partial charge in [0, 0.05) is 11.8 Å². The molecule has 3 heteroatoms. The van der Waals surface area contributed by atoms with Crippen molar-refractivity contribution in [2.45, 2.75) is 0 Å². The first kappa shape index (κ1) is 9.62. The topological polar surface area (TPSA) is 44.5 Å². The van der Waals surface area contributed by atoms with Crippen molar-refractivity contribution in [3.8, 4) is 0 Å². The van der Waals surface area contributed by atoms with Gasteiger partial charge in [0.2, 0.25) is 0 Å². The van der Waals surface area contributed by atoms with E-state index >= 15 is 0 Å². The summed E-state index contributed by atoms with van der Waals surface area (Å²) in [5.41, 5.74) is 5.72. The highest BCUT2D eigenvalue weighted by molar-refractivity contribution is 5.25. The van der Waals surface area contributed by atoms with Crippen LogP contribution in [-0.2, 0) is 9.47 Å². The largest absolute Gasteiger partial charge is 0.493 e. The van der Waals surface area contributed by atoms with Gasteiger partial charge in [0.05, 0.1) is 14.2 Å². The Morgan fingerprint density at radius 3 is 2.09 bits per heavy atom. The molecule has 62 valence electrons. The van der Waals surface area contributed by atoms with Crippen molar-refractivity contribution < 1.29 is 9.47 Å². The van der Waals surface area contributed by atoms with E-state index in [4.69, 9.17) is 15.2 Å². The van der Waals surface area contributed by atoms with Gasteiger partial charge in [-0.25, -0.2) is 0 Å². The number of allylic oxidation sites excluding steroid dienone is 1. The summed E-state index contributed by atoms with van der Waals surface area (Å²) >= 11 is 0. The third-order valence-corrected chi connectivity index (χ3v) is 1.06. The van der Waals surface area contributed by atoms with Crippen LogP contribution in [-0.4, -0.2) is 14.2 Å². The summed E-state index contributed by atoms with van der Waals surface area (Å²) in [7, 11) is 3.02. The van der Waals surface area contributed by atoms with Crippen LogP contribution in [0.4, 0.5) is 0 Å². The van der Waals surface area contributed by atoms with Crippen LogP contribution in [0, 0.1) is 0 Å². The van der Waals surface area contributed by atoms with Crippen LogP contribution >= 0.6 is 0 Å². The van der Waals surface area contributed by atoms with E-state index in [0.29, 0.717) is 17.2 Å². The van der Waals surface area contributed by atoms with Gasteiger partial charge >= 0.3 is 0 Å². The van der Waals surface area contributed by atoms with E-state index in [1.54, 1.807) is 6.08 Å². The zero-order chi connectivity index (χ0) is 8.85. The highest BCUT2D eigenvalue weighted by Gasteiger charge is 2.00. The summed E-state index contributed by atoms with van der Waals surface area (Å²) in [4.78, 5) is 0. The van der Waals surface area contributed by atoms with Crippen molar-refractivity contribution in [3.05, 3.63) is 36.4 Å². The summed E-state index contributed by atoms with van der Waals surface area (Å²) in [6.07, 6.45) is 1.55. The number of rotatable bonds is 4. The van der Waals surface area contributed by atoms with Gasteiger partial charge in [-0.15, -0.1) is 0 Å². The van der Waals surface area contributed by atoms with Crippen molar-refractivity contribution in [1.29, 1.82) is 0 Å². The Balaban J connectivity index is 4.39. The molecular weight excluding hydrogens is 142 g/mol. The zero-order valence-corrected chi connectivity index (χ0v) is 6.89. The molecule has 0 aromatic heterocycles. The molecule has 0 saturated carbocycles. The van der Waals surface area contributed by atoms with Gasteiger partial charge < -0.3 is 15.2 Å². The number of hydrogen-bond acceptors (Lipinski definition) is 3. The number of methoxy groups -OCH3 is 2. The molecule has 0 unspecified atom stereocenters. The molecule has 0 aliphatic rings. The van der Waals surface area contributed by atoms with Gasteiger partial charge in [-0.3, -0.25) is 0 Å². The van der Waals surface area contributed by atoms with Gasteiger partial charge in [-0.2, -0.15) is 0 Å². The molecule has 0 bridgehead atoms. The second-order valence-electron chi connectivity index (χ2n) is 1.91. The van der Waals surface area contributed by atoms with E-state index in [0.717, 1.165) is 0 Å². The molecule has 0 rings (SSSR count). The lowest BCUT2D eigenvalue weighted by Gasteiger charge is -2.07. The normalized spacial score (nSPS) is 10.5. The summed E-state index contributed by atoms with van der Waals surface area (Å²) in [6, 6.07) is 0. The molecule has 0 aliphatic carbocycles. The third kappa shape index (κ3) is 3.35. The van der Waals surface area contributed by atoms with Crippen molar-refractivity contribution in [2.24, 2.45) is 5.73 Å². The lowest BCUT2D eigenvalue weighted by molar-refractivity contribution is 0.221. The molecule has 0 fully saturated rings. The van der Waals surface area contributed by atoms with Crippen molar-refractivity contribution >= 4 is 0 Å². The molecule has 0 heterocycles. The molecule has 0 aliphatic heterocycles. The molecule has 11 heavy (non-hydrogen) atoms. The van der Waals surface area contributed by atoms with Crippen molar-refractivity contribution in [2.75, 3.05) is 14.2 Å². The molecule has 0 spiro atoms. The maximum Gasteiger partial charge on any atom is 0.162 e. The van der Waals surface area contributed by atoms with E-state index in [9.17, 15) is 0 Å². The van der Waals surface area contributed by atoms with Gasteiger partial charge in [0.15, 0.2) is 11.5 Å². The molecule has 0 radical (unpaired) electrons. The number of nitrogens with two attached hydrogens (primary N) is 1. The van der Waals surface area contributed by atoms with E-state index in [1.165, 1.54) is 14.2 Å². The van der Waals surface area contributed by atoms with Crippen LogP contribution < -0.4 is 5.73 Å². The smallest absolute Gasteiger partial charge is 0.162 e. The monoisotopic (exact) mass is 155 g/mol. The molecule has 0 atom stereocenters. The second-order valence-corrected chi connectivity index (χ2v) is 1.91. The SMILES string of the molecule is C=C(N)/C=C(/OC)C(=C)OC. The molecule has 0 amide bonds. The van der Waals surface area contributed by atoms with Crippen LogP contribution in [0.5, 0.6) is 0 Å². The molecule has 2 N–H and O–H groups in total. The minimum Gasteiger partial charge on any atom is -0.493 e. The summed E-state index contributed by atoms with van der Waals surface area (Å²) in [5.74, 6) is 0.916. The second kappa shape index (κ2) is 4.44. The Morgan fingerprint density at radius 2 is 1.82 bits per heavy atom. The molecule has 0 saturated heterocycles. The summed E-state index contributed by atoms with van der Waals surface area (Å²) in [6.45, 7) is 7.07. The van der Waals surface area contributed by atoms with Crippen LogP contribution in [0.1, 0.15) is 0 Å². The van der Waals surface area contributed by atoms with E-state index in [1.807, 2.05) is 0 Å². The van der Waals surface area contributed by atoms with Gasteiger partial charge in [-0.05, 0) is 0 Å². The Kier molecular flexibility index (Phi) is 3.88. The predicted molar refractivity (Wildman–Crippen MR) is 44.6 cm³/mol. The van der Waals surface area contributed by atoms with Crippen LogP contribution in [0.2, 0.25) is 0 Å². The standard InChI is InChI=1S/C8H13NO2/c1-6(9)5-8(11-4)7(2)10-3/h5H,1-2,9H2,3-4H3/b8-5+. The summed E-state index contributed by atoms with van der Waals surface area (Å²) < 4.78 is 9.73. The van der Waals surface area contributed by atoms with E-state index in [2.05, 4.69) is 13.2 Å². The maximum atomic E-state index is 5.31. The zero-order valence-electron chi connectivity index (χ0n) is 6.89. The Bertz CT molecular complexity index is 194. The fraction of sp³-hybridized carbons (Fsp3) is 0.250. The third-order valence-electron chi connectivity index (χ3n) is 1.06. The first-order chi connectivity index (χ1) is 5.11. The average molecular weight is 155 g/mol. The van der Waals surface area contributed by atoms with Crippen LogP contribution in [0.3, 0.4) is 0 Å². The first-order valence-corrected chi connectivity index (χ1v) is 3.05. The van der Waals surface area contributed by atoms with Crippen molar-refractivity contribution in [3.63, 3.8) is 0 Å². The average Bonchev–Trinajstić information content (AvgIpc) is 1.98. The Hall–Kier alpha value is -1.38. The highest BCUT2D eigenvalue weighted by Crippen LogP contribution is 2.09. The maximum absolute atomic E-state index is 5.31. The fourth-order valence-corrected chi connectivity index (χ4v) is 0.522. The number of ether oxygens (including phenoxy) is 2. The van der Waals surface area contributed by atoms with Gasteiger partial charge in [-0.1, -0.05) is 13.2 Å². The highest BCUT2D eigenvalue weighted by atomic mass is 16.5. The molecule has 0 aromatic rings. The minimum atomic E-state index is 0.403. The number of hydrogen-bond donors (Lipinski definition) is 1. The quantitative estimate of drug-likeness (QED) is 0.489.